The maximum absolute atomic E-state index is 13.4. The summed E-state index contributed by atoms with van der Waals surface area (Å²) in [4.78, 5) is 14.2. The number of benzene rings is 1. The van der Waals surface area contributed by atoms with Crippen molar-refractivity contribution in [2.24, 2.45) is 5.92 Å². The maximum Gasteiger partial charge on any atom is 0.223 e. The zero-order chi connectivity index (χ0) is 19.0. The third-order valence-corrected chi connectivity index (χ3v) is 5.23. The molecule has 1 aliphatic carbocycles. The quantitative estimate of drug-likeness (QED) is 0.870. The fourth-order valence-electron chi connectivity index (χ4n) is 3.51. The van der Waals surface area contributed by atoms with E-state index in [-0.39, 0.29) is 17.9 Å². The number of nitrogens with one attached hydrogen (secondary N) is 1. The zero-order valence-corrected chi connectivity index (χ0v) is 15.3. The highest BCUT2D eigenvalue weighted by Gasteiger charge is 2.31. The highest BCUT2D eigenvalue weighted by atomic mass is 19.2. The van der Waals surface area contributed by atoms with Crippen LogP contribution >= 0.6 is 0 Å². The SMILES string of the molecule is C[C@@H](NC(=O)C1CC1)c1nnc2n1CCN(Cc1ccc(F)c(F)c1)CC2. The third kappa shape index (κ3) is 4.00. The smallest absolute Gasteiger partial charge is 0.223 e. The molecule has 1 fully saturated rings. The normalized spacial score (nSPS) is 18.6. The van der Waals surface area contributed by atoms with Crippen molar-refractivity contribution >= 4 is 5.91 Å². The van der Waals surface area contributed by atoms with Gasteiger partial charge in [-0.2, -0.15) is 0 Å². The first kappa shape index (κ1) is 18.0. The van der Waals surface area contributed by atoms with E-state index >= 15 is 0 Å². The minimum absolute atomic E-state index is 0.0911. The Morgan fingerprint density at radius 1 is 1.22 bits per heavy atom. The second-order valence-corrected chi connectivity index (χ2v) is 7.41. The van der Waals surface area contributed by atoms with Crippen LogP contribution in [0.4, 0.5) is 8.78 Å². The molecular formula is C19H23F2N5O. The van der Waals surface area contributed by atoms with Crippen LogP contribution in [-0.4, -0.2) is 38.7 Å². The molecule has 0 bridgehead atoms. The topological polar surface area (TPSA) is 63.1 Å². The summed E-state index contributed by atoms with van der Waals surface area (Å²) < 4.78 is 28.6. The summed E-state index contributed by atoms with van der Waals surface area (Å²) in [5.41, 5.74) is 0.747. The number of nitrogens with zero attached hydrogens (tertiary/aromatic N) is 4. The number of rotatable bonds is 5. The molecule has 1 aromatic heterocycles. The maximum atomic E-state index is 13.4. The van der Waals surface area contributed by atoms with Gasteiger partial charge in [0.1, 0.15) is 5.82 Å². The second-order valence-electron chi connectivity index (χ2n) is 7.41. The molecule has 144 valence electrons. The van der Waals surface area contributed by atoms with Gasteiger partial charge in [0.25, 0.3) is 0 Å². The molecule has 0 unspecified atom stereocenters. The second kappa shape index (κ2) is 7.34. The van der Waals surface area contributed by atoms with E-state index in [1.807, 2.05) is 6.92 Å². The van der Waals surface area contributed by atoms with Crippen LogP contribution in [0.2, 0.25) is 0 Å². The van der Waals surface area contributed by atoms with Crippen LogP contribution < -0.4 is 5.32 Å². The highest BCUT2D eigenvalue weighted by Crippen LogP contribution is 2.29. The zero-order valence-electron chi connectivity index (χ0n) is 15.3. The van der Waals surface area contributed by atoms with Crippen LogP contribution in [0, 0.1) is 17.6 Å². The molecule has 0 saturated heterocycles. The van der Waals surface area contributed by atoms with Gasteiger partial charge in [-0.05, 0) is 37.5 Å². The van der Waals surface area contributed by atoms with E-state index < -0.39 is 11.6 Å². The molecule has 1 atom stereocenters. The molecule has 2 heterocycles. The first-order chi connectivity index (χ1) is 13.0. The van der Waals surface area contributed by atoms with Gasteiger partial charge >= 0.3 is 0 Å². The summed E-state index contributed by atoms with van der Waals surface area (Å²) >= 11 is 0. The molecule has 6 nitrogen and oxygen atoms in total. The van der Waals surface area contributed by atoms with E-state index in [4.69, 9.17) is 0 Å². The van der Waals surface area contributed by atoms with Crippen molar-refractivity contribution in [3.05, 3.63) is 47.0 Å². The van der Waals surface area contributed by atoms with Gasteiger partial charge in [0.2, 0.25) is 5.91 Å². The van der Waals surface area contributed by atoms with Crippen molar-refractivity contribution in [3.8, 4) is 0 Å². The third-order valence-electron chi connectivity index (χ3n) is 5.23. The van der Waals surface area contributed by atoms with Crippen LogP contribution in [0.15, 0.2) is 18.2 Å². The molecule has 1 saturated carbocycles. The molecule has 2 aliphatic rings. The monoisotopic (exact) mass is 375 g/mol. The molecule has 4 rings (SSSR count). The van der Waals surface area contributed by atoms with Gasteiger partial charge in [-0.3, -0.25) is 9.69 Å². The number of carbonyl (C=O) groups is 1. The average molecular weight is 375 g/mol. The largest absolute Gasteiger partial charge is 0.346 e. The van der Waals surface area contributed by atoms with Gasteiger partial charge in [0.15, 0.2) is 17.5 Å². The minimum Gasteiger partial charge on any atom is -0.346 e. The van der Waals surface area contributed by atoms with Crippen molar-refractivity contribution in [2.45, 2.75) is 45.3 Å². The van der Waals surface area contributed by atoms with Crippen LogP contribution in [0.1, 0.15) is 43.0 Å². The molecule has 2 aromatic rings. The van der Waals surface area contributed by atoms with Gasteiger partial charge in [0, 0.05) is 38.5 Å². The van der Waals surface area contributed by atoms with E-state index in [2.05, 4.69) is 25.0 Å². The Kier molecular flexibility index (Phi) is 4.90. The van der Waals surface area contributed by atoms with Crippen molar-refractivity contribution in [2.75, 3.05) is 13.1 Å². The molecule has 27 heavy (non-hydrogen) atoms. The lowest BCUT2D eigenvalue weighted by molar-refractivity contribution is -0.123. The summed E-state index contributed by atoms with van der Waals surface area (Å²) in [6, 6.07) is 3.85. The standard InChI is InChI=1S/C19H23F2N5O/c1-12(22-19(27)14-3-4-14)18-24-23-17-6-7-25(8-9-26(17)18)11-13-2-5-15(20)16(21)10-13/h2,5,10,12,14H,3-4,6-9,11H2,1H3,(H,22,27)/t12-/m1/s1. The lowest BCUT2D eigenvalue weighted by Gasteiger charge is -2.20. The summed E-state index contributed by atoms with van der Waals surface area (Å²) in [5, 5.41) is 11.6. The predicted molar refractivity (Wildman–Crippen MR) is 94.6 cm³/mol. The Morgan fingerprint density at radius 3 is 2.78 bits per heavy atom. The molecule has 0 radical (unpaired) electrons. The fourth-order valence-corrected chi connectivity index (χ4v) is 3.51. The fraction of sp³-hybridized carbons (Fsp3) is 0.526. The molecular weight excluding hydrogens is 352 g/mol. The molecule has 1 amide bonds. The lowest BCUT2D eigenvalue weighted by Crippen LogP contribution is -2.31. The molecule has 0 spiro atoms. The van der Waals surface area contributed by atoms with Gasteiger partial charge in [-0.1, -0.05) is 6.07 Å². The first-order valence-electron chi connectivity index (χ1n) is 9.40. The Hall–Kier alpha value is -2.35. The summed E-state index contributed by atoms with van der Waals surface area (Å²) in [6.07, 6.45) is 2.66. The van der Waals surface area contributed by atoms with Crippen LogP contribution in [0.5, 0.6) is 0 Å². The predicted octanol–water partition coefficient (Wildman–Crippen LogP) is 2.20. The number of carbonyl (C=O) groups excluding carboxylic acids is 1. The van der Waals surface area contributed by atoms with Crippen molar-refractivity contribution in [3.63, 3.8) is 0 Å². The first-order valence-corrected chi connectivity index (χ1v) is 9.40. The van der Waals surface area contributed by atoms with Crippen molar-refractivity contribution < 1.29 is 13.6 Å². The molecule has 8 heteroatoms. The Morgan fingerprint density at radius 2 is 2.04 bits per heavy atom. The van der Waals surface area contributed by atoms with E-state index in [9.17, 15) is 13.6 Å². The van der Waals surface area contributed by atoms with Gasteiger partial charge in [0.05, 0.1) is 6.04 Å². The molecule has 1 aliphatic heterocycles. The van der Waals surface area contributed by atoms with E-state index in [0.717, 1.165) is 49.6 Å². The number of hydrogen-bond donors (Lipinski definition) is 1. The van der Waals surface area contributed by atoms with E-state index in [0.29, 0.717) is 13.1 Å². The van der Waals surface area contributed by atoms with Crippen LogP contribution in [0.25, 0.3) is 0 Å². The van der Waals surface area contributed by atoms with Crippen LogP contribution in [0.3, 0.4) is 0 Å². The summed E-state index contributed by atoms with van der Waals surface area (Å²) in [6.45, 7) is 4.70. The van der Waals surface area contributed by atoms with Crippen LogP contribution in [-0.2, 0) is 24.3 Å². The minimum atomic E-state index is -0.826. The van der Waals surface area contributed by atoms with E-state index in [1.165, 1.54) is 12.1 Å². The molecule has 1 aromatic carbocycles. The van der Waals surface area contributed by atoms with Crippen molar-refractivity contribution in [1.82, 2.24) is 25.0 Å². The number of halogens is 2. The Bertz CT molecular complexity index is 849. The number of hydrogen-bond acceptors (Lipinski definition) is 4. The summed E-state index contributed by atoms with van der Waals surface area (Å²) in [5.74, 6) is 0.271. The number of aromatic nitrogens is 3. The Labute approximate surface area is 156 Å². The average Bonchev–Trinajstić information content (AvgIpc) is 3.44. The number of fused-ring (bicyclic) bond motifs is 1. The van der Waals surface area contributed by atoms with Crippen molar-refractivity contribution in [1.29, 1.82) is 0 Å². The van der Waals surface area contributed by atoms with Gasteiger partial charge < -0.3 is 9.88 Å². The lowest BCUT2D eigenvalue weighted by atomic mass is 10.2. The van der Waals surface area contributed by atoms with E-state index in [1.54, 1.807) is 6.07 Å². The Balaban J connectivity index is 1.41. The molecule has 1 N–H and O–H groups in total. The van der Waals surface area contributed by atoms with Gasteiger partial charge in [-0.15, -0.1) is 10.2 Å². The summed E-state index contributed by atoms with van der Waals surface area (Å²) in [7, 11) is 0. The number of amides is 1. The highest BCUT2D eigenvalue weighted by molar-refractivity contribution is 5.81. The van der Waals surface area contributed by atoms with Gasteiger partial charge in [-0.25, -0.2) is 8.78 Å².